The van der Waals surface area contributed by atoms with Crippen LogP contribution in [0.2, 0.25) is 0 Å². The molecule has 3 heteroatoms. The lowest BCUT2D eigenvalue weighted by Gasteiger charge is -2.02. The highest BCUT2D eigenvalue weighted by Crippen LogP contribution is 2.33. The molecule has 1 aliphatic carbocycles. The summed E-state index contributed by atoms with van der Waals surface area (Å²) in [4.78, 5) is 13.7. The number of isocyanates is 1. The molecular weight excluding hydrogens is 169 g/mol. The van der Waals surface area contributed by atoms with Crippen molar-refractivity contribution in [2.24, 2.45) is 4.99 Å². The molecule has 13 heavy (non-hydrogen) atoms. The molecule has 0 saturated carbocycles. The maximum atomic E-state index is 12.8. The molecule has 0 fully saturated rings. The van der Waals surface area contributed by atoms with Gasteiger partial charge in [0, 0.05) is 0 Å². The van der Waals surface area contributed by atoms with E-state index in [-0.39, 0.29) is 11.9 Å². The first-order valence-corrected chi connectivity index (χ1v) is 4.16. The van der Waals surface area contributed by atoms with Crippen molar-refractivity contribution >= 4 is 6.08 Å². The van der Waals surface area contributed by atoms with Crippen LogP contribution in [0.4, 0.5) is 4.39 Å². The van der Waals surface area contributed by atoms with Gasteiger partial charge in [0.25, 0.3) is 0 Å². The lowest BCUT2D eigenvalue weighted by molar-refractivity contribution is 0.557. The van der Waals surface area contributed by atoms with E-state index in [1.54, 1.807) is 12.1 Å². The number of fused-ring (bicyclic) bond motifs is 1. The van der Waals surface area contributed by atoms with Gasteiger partial charge in [-0.05, 0) is 36.1 Å². The lowest BCUT2D eigenvalue weighted by atomic mass is 10.1. The summed E-state index contributed by atoms with van der Waals surface area (Å²) in [5.74, 6) is -0.227. The van der Waals surface area contributed by atoms with Crippen LogP contribution in [0.25, 0.3) is 0 Å². The Morgan fingerprint density at radius 1 is 1.54 bits per heavy atom. The summed E-state index contributed by atoms with van der Waals surface area (Å²) in [6.45, 7) is 0. The molecule has 0 N–H and O–H groups in total. The van der Waals surface area contributed by atoms with Gasteiger partial charge in [0.2, 0.25) is 6.08 Å². The molecular formula is C10H8FNO. The average molecular weight is 177 g/mol. The Morgan fingerprint density at radius 2 is 2.38 bits per heavy atom. The SMILES string of the molecule is O=C=NC1CCc2cc(F)ccc21. The normalized spacial score (nSPS) is 19.3. The summed E-state index contributed by atoms with van der Waals surface area (Å²) in [7, 11) is 0. The summed E-state index contributed by atoms with van der Waals surface area (Å²) in [6, 6.07) is 4.50. The first-order chi connectivity index (χ1) is 6.31. The Hall–Kier alpha value is -1.47. The first-order valence-electron chi connectivity index (χ1n) is 4.16. The van der Waals surface area contributed by atoms with Gasteiger partial charge in [0.1, 0.15) is 5.82 Å². The Morgan fingerprint density at radius 3 is 3.15 bits per heavy atom. The van der Waals surface area contributed by atoms with Crippen LogP contribution in [-0.4, -0.2) is 6.08 Å². The van der Waals surface area contributed by atoms with Crippen LogP contribution in [0, 0.1) is 5.82 Å². The van der Waals surface area contributed by atoms with Crippen molar-refractivity contribution in [3.63, 3.8) is 0 Å². The summed E-state index contributed by atoms with van der Waals surface area (Å²) in [5.41, 5.74) is 1.92. The Bertz CT molecular complexity index is 383. The number of rotatable bonds is 1. The fraction of sp³-hybridized carbons (Fsp3) is 0.300. The maximum Gasteiger partial charge on any atom is 0.235 e. The molecule has 0 radical (unpaired) electrons. The van der Waals surface area contributed by atoms with Gasteiger partial charge in [-0.1, -0.05) is 6.07 Å². The smallest absolute Gasteiger partial charge is 0.211 e. The quantitative estimate of drug-likeness (QED) is 0.477. The van der Waals surface area contributed by atoms with Gasteiger partial charge in [-0.25, -0.2) is 9.18 Å². The molecule has 0 aliphatic heterocycles. The van der Waals surface area contributed by atoms with E-state index in [0.29, 0.717) is 0 Å². The second-order valence-electron chi connectivity index (χ2n) is 3.12. The molecule has 1 unspecified atom stereocenters. The summed E-state index contributed by atoms with van der Waals surface area (Å²) >= 11 is 0. The number of aryl methyl sites for hydroxylation is 1. The predicted molar refractivity (Wildman–Crippen MR) is 45.6 cm³/mol. The van der Waals surface area contributed by atoms with E-state index in [0.717, 1.165) is 24.0 Å². The summed E-state index contributed by atoms with van der Waals surface area (Å²) < 4.78 is 12.8. The van der Waals surface area contributed by atoms with Crippen molar-refractivity contribution in [1.29, 1.82) is 0 Å². The van der Waals surface area contributed by atoms with Gasteiger partial charge >= 0.3 is 0 Å². The molecule has 0 bridgehead atoms. The molecule has 0 heterocycles. The largest absolute Gasteiger partial charge is 0.235 e. The van der Waals surface area contributed by atoms with Crippen molar-refractivity contribution in [3.05, 3.63) is 35.1 Å². The molecule has 0 amide bonds. The third-order valence-corrected chi connectivity index (χ3v) is 2.36. The van der Waals surface area contributed by atoms with Crippen LogP contribution in [0.15, 0.2) is 23.2 Å². The molecule has 0 aromatic heterocycles. The summed E-state index contributed by atoms with van der Waals surface area (Å²) in [6.07, 6.45) is 3.13. The van der Waals surface area contributed by atoms with Crippen molar-refractivity contribution in [1.82, 2.24) is 0 Å². The maximum absolute atomic E-state index is 12.8. The lowest BCUT2D eigenvalue weighted by Crippen LogP contribution is -1.88. The standard InChI is InChI=1S/C10H8FNO/c11-8-2-3-9-7(5-8)1-4-10(9)12-6-13/h2-3,5,10H,1,4H2. The zero-order valence-electron chi connectivity index (χ0n) is 6.96. The van der Waals surface area contributed by atoms with E-state index in [1.807, 2.05) is 0 Å². The Balaban J connectivity index is 2.43. The van der Waals surface area contributed by atoms with Crippen LogP contribution in [0.1, 0.15) is 23.6 Å². The number of hydrogen-bond donors (Lipinski definition) is 0. The highest BCUT2D eigenvalue weighted by atomic mass is 19.1. The number of carbonyl (C=O) groups excluding carboxylic acids is 1. The minimum atomic E-state index is -0.227. The molecule has 1 aliphatic rings. The fourth-order valence-corrected chi connectivity index (χ4v) is 1.76. The second kappa shape index (κ2) is 3.11. The van der Waals surface area contributed by atoms with Gasteiger partial charge in [-0.3, -0.25) is 0 Å². The molecule has 1 aromatic rings. The number of nitrogens with zero attached hydrogens (tertiary/aromatic N) is 1. The van der Waals surface area contributed by atoms with Gasteiger partial charge in [-0.2, -0.15) is 4.99 Å². The van der Waals surface area contributed by atoms with Crippen molar-refractivity contribution in [2.45, 2.75) is 18.9 Å². The highest BCUT2D eigenvalue weighted by Gasteiger charge is 2.21. The molecule has 2 rings (SSSR count). The number of halogens is 1. The topological polar surface area (TPSA) is 29.4 Å². The number of aliphatic imine (C=N–C) groups is 1. The fourth-order valence-electron chi connectivity index (χ4n) is 1.76. The van der Waals surface area contributed by atoms with Crippen molar-refractivity contribution in [2.75, 3.05) is 0 Å². The number of hydrogen-bond acceptors (Lipinski definition) is 2. The molecule has 1 aromatic carbocycles. The Kier molecular flexibility index (Phi) is 1.95. The zero-order valence-corrected chi connectivity index (χ0v) is 6.96. The molecule has 2 nitrogen and oxygen atoms in total. The third-order valence-electron chi connectivity index (χ3n) is 2.36. The van der Waals surface area contributed by atoms with E-state index in [9.17, 15) is 9.18 Å². The van der Waals surface area contributed by atoms with Crippen LogP contribution in [0.3, 0.4) is 0 Å². The van der Waals surface area contributed by atoms with Crippen LogP contribution < -0.4 is 0 Å². The van der Waals surface area contributed by atoms with E-state index in [1.165, 1.54) is 12.1 Å². The average Bonchev–Trinajstić information content (AvgIpc) is 2.49. The van der Waals surface area contributed by atoms with Crippen molar-refractivity contribution < 1.29 is 9.18 Å². The van der Waals surface area contributed by atoms with Gasteiger partial charge < -0.3 is 0 Å². The van der Waals surface area contributed by atoms with E-state index in [2.05, 4.69) is 4.99 Å². The predicted octanol–water partition coefficient (Wildman–Crippen LogP) is 2.15. The van der Waals surface area contributed by atoms with E-state index < -0.39 is 0 Å². The van der Waals surface area contributed by atoms with Gasteiger partial charge in [0.15, 0.2) is 0 Å². The van der Waals surface area contributed by atoms with Crippen LogP contribution in [-0.2, 0) is 11.2 Å². The minimum absolute atomic E-state index is 0.104. The number of benzene rings is 1. The van der Waals surface area contributed by atoms with Crippen molar-refractivity contribution in [3.8, 4) is 0 Å². The van der Waals surface area contributed by atoms with Crippen LogP contribution >= 0.6 is 0 Å². The zero-order chi connectivity index (χ0) is 9.26. The molecule has 1 atom stereocenters. The second-order valence-corrected chi connectivity index (χ2v) is 3.12. The Labute approximate surface area is 75.1 Å². The molecule has 66 valence electrons. The monoisotopic (exact) mass is 177 g/mol. The van der Waals surface area contributed by atoms with E-state index in [4.69, 9.17) is 0 Å². The highest BCUT2D eigenvalue weighted by molar-refractivity contribution is 5.40. The summed E-state index contributed by atoms with van der Waals surface area (Å²) in [5, 5.41) is 0. The van der Waals surface area contributed by atoms with Gasteiger partial charge in [-0.15, -0.1) is 0 Å². The molecule has 0 saturated heterocycles. The van der Waals surface area contributed by atoms with Crippen LogP contribution in [0.5, 0.6) is 0 Å². The first kappa shape index (κ1) is 8.14. The third kappa shape index (κ3) is 1.38. The van der Waals surface area contributed by atoms with E-state index >= 15 is 0 Å². The minimum Gasteiger partial charge on any atom is -0.211 e. The van der Waals surface area contributed by atoms with Gasteiger partial charge in [0.05, 0.1) is 6.04 Å². The molecule has 0 spiro atoms.